The number of carboxylic acids is 1. The van der Waals surface area contributed by atoms with Crippen LogP contribution in [0.15, 0.2) is 24.2 Å². The largest absolute Gasteiger partial charge is 0.508 e. The molecule has 4 heteroatoms. The lowest BCUT2D eigenvalue weighted by atomic mass is 9.84. The summed E-state index contributed by atoms with van der Waals surface area (Å²) in [5.74, 6) is -0.558. The lowest BCUT2D eigenvalue weighted by Crippen LogP contribution is -2.10. The van der Waals surface area contributed by atoms with E-state index in [0.29, 0.717) is 5.92 Å². The van der Waals surface area contributed by atoms with Gasteiger partial charge in [0.1, 0.15) is 5.76 Å². The van der Waals surface area contributed by atoms with Gasteiger partial charge in [0, 0.05) is 6.42 Å². The number of carboxylic acid groups (broad SMARTS) is 1. The van der Waals surface area contributed by atoms with Crippen LogP contribution >= 0.6 is 0 Å². The van der Waals surface area contributed by atoms with Gasteiger partial charge in [0.15, 0.2) is 0 Å². The predicted molar refractivity (Wildman–Crippen MR) is 106 cm³/mol. The molecule has 0 aromatic heterocycles. The minimum absolute atomic E-state index is 0.242. The van der Waals surface area contributed by atoms with Crippen LogP contribution in [-0.4, -0.2) is 21.3 Å². The average Bonchev–Trinajstić information content (AvgIpc) is 3.08. The van der Waals surface area contributed by atoms with Crippen molar-refractivity contribution in [2.45, 2.75) is 90.4 Å². The van der Waals surface area contributed by atoms with Crippen LogP contribution in [0.2, 0.25) is 0 Å². The van der Waals surface area contributed by atoms with Gasteiger partial charge in [-0.2, -0.15) is 0 Å². The van der Waals surface area contributed by atoms with Crippen molar-refractivity contribution in [1.82, 2.24) is 0 Å². The fourth-order valence-electron chi connectivity index (χ4n) is 4.28. The van der Waals surface area contributed by atoms with E-state index in [1.54, 1.807) is 0 Å². The molecule has 3 atom stereocenters. The summed E-state index contributed by atoms with van der Waals surface area (Å²) in [6.07, 6.45) is 16.9. The second kappa shape index (κ2) is 12.8. The monoisotopic (exact) mass is 366 g/mol. The van der Waals surface area contributed by atoms with E-state index in [4.69, 9.17) is 5.11 Å². The highest BCUT2D eigenvalue weighted by molar-refractivity contribution is 5.84. The normalized spacial score (nSPS) is 22.0. The molecule has 1 fully saturated rings. The Morgan fingerprint density at radius 1 is 1.04 bits per heavy atom. The molecular weight excluding hydrogens is 328 g/mol. The zero-order chi connectivity index (χ0) is 19.4. The predicted octanol–water partition coefficient (Wildman–Crippen LogP) is 6.54. The fourth-order valence-corrected chi connectivity index (χ4v) is 4.28. The van der Waals surface area contributed by atoms with Crippen molar-refractivity contribution < 1.29 is 20.1 Å². The number of carbonyl (C=O) groups is 1. The van der Waals surface area contributed by atoms with E-state index < -0.39 is 17.5 Å². The van der Waals surface area contributed by atoms with Crippen molar-refractivity contribution in [1.29, 1.82) is 0 Å². The molecule has 3 N–H and O–H groups in total. The summed E-state index contributed by atoms with van der Waals surface area (Å²) in [6, 6.07) is 0. The van der Waals surface area contributed by atoms with Crippen molar-refractivity contribution in [3.8, 4) is 0 Å². The van der Waals surface area contributed by atoms with Crippen LogP contribution in [0, 0.1) is 17.8 Å². The van der Waals surface area contributed by atoms with E-state index >= 15 is 0 Å². The molecule has 0 bridgehead atoms. The quantitative estimate of drug-likeness (QED) is 0.141. The van der Waals surface area contributed by atoms with Gasteiger partial charge in [-0.15, -0.1) is 6.58 Å². The maximum absolute atomic E-state index is 10.6. The summed E-state index contributed by atoms with van der Waals surface area (Å²) in [7, 11) is 0. The van der Waals surface area contributed by atoms with Gasteiger partial charge in [0.05, 0.1) is 0 Å². The van der Waals surface area contributed by atoms with Gasteiger partial charge in [-0.3, -0.25) is 0 Å². The van der Waals surface area contributed by atoms with Gasteiger partial charge in [-0.1, -0.05) is 64.4 Å². The van der Waals surface area contributed by atoms with Gasteiger partial charge in [-0.25, -0.2) is 4.79 Å². The van der Waals surface area contributed by atoms with E-state index in [9.17, 15) is 15.0 Å². The number of hydrogen-bond donors (Lipinski definition) is 3. The Labute approximate surface area is 159 Å². The third-order valence-electron chi connectivity index (χ3n) is 5.95. The molecule has 4 nitrogen and oxygen atoms in total. The van der Waals surface area contributed by atoms with Crippen LogP contribution in [0.4, 0.5) is 0 Å². The molecule has 1 unspecified atom stereocenters. The minimum Gasteiger partial charge on any atom is -0.508 e. The van der Waals surface area contributed by atoms with Crippen LogP contribution in [0.5, 0.6) is 0 Å². The summed E-state index contributed by atoms with van der Waals surface area (Å²) < 4.78 is 0. The van der Waals surface area contributed by atoms with Gasteiger partial charge < -0.3 is 15.3 Å². The first kappa shape index (κ1) is 22.6. The third kappa shape index (κ3) is 8.29. The van der Waals surface area contributed by atoms with Gasteiger partial charge in [0.2, 0.25) is 5.76 Å². The second-order valence-corrected chi connectivity index (χ2v) is 7.87. The van der Waals surface area contributed by atoms with Crippen LogP contribution < -0.4 is 0 Å². The third-order valence-corrected chi connectivity index (χ3v) is 5.95. The highest BCUT2D eigenvalue weighted by Crippen LogP contribution is 2.39. The van der Waals surface area contributed by atoms with E-state index in [2.05, 4.69) is 19.6 Å². The van der Waals surface area contributed by atoms with Crippen molar-refractivity contribution in [2.24, 2.45) is 17.8 Å². The number of aliphatic hydroxyl groups excluding tert-OH is 2. The molecule has 1 rings (SSSR count). The Morgan fingerprint density at radius 3 is 2.35 bits per heavy atom. The number of unbranched alkanes of at least 4 members (excludes halogenated alkanes) is 3. The molecule has 1 aliphatic carbocycles. The van der Waals surface area contributed by atoms with E-state index in [0.717, 1.165) is 31.1 Å². The summed E-state index contributed by atoms with van der Waals surface area (Å²) in [6.45, 7) is 6.26. The number of rotatable bonds is 14. The number of hydrogen-bond acceptors (Lipinski definition) is 3. The average molecular weight is 367 g/mol. The minimum atomic E-state index is -1.46. The molecule has 1 saturated carbocycles. The first-order valence-electron chi connectivity index (χ1n) is 10.5. The molecule has 0 radical (unpaired) electrons. The summed E-state index contributed by atoms with van der Waals surface area (Å²) in [5.41, 5.74) is 0. The van der Waals surface area contributed by atoms with Crippen LogP contribution in [0.25, 0.3) is 0 Å². The number of aliphatic carboxylic acids is 1. The zero-order valence-corrected chi connectivity index (χ0v) is 16.5. The van der Waals surface area contributed by atoms with Gasteiger partial charge in [-0.05, 0) is 43.4 Å². The van der Waals surface area contributed by atoms with Crippen LogP contribution in [0.1, 0.15) is 90.4 Å². The molecule has 0 aromatic carbocycles. The van der Waals surface area contributed by atoms with E-state index in [1.807, 2.05) is 0 Å². The lowest BCUT2D eigenvalue weighted by Gasteiger charge is -2.21. The molecule has 0 saturated heterocycles. The molecular formula is C22H38O4. The lowest BCUT2D eigenvalue weighted by molar-refractivity contribution is -0.135. The standard InChI is InChI=1S/C22H38O4/c1-3-5-6-10-17(4-2)15-16-19-13-9-12-18(19)11-7-8-14-20(23)21(24)22(25)26/h4,17-19,23-24H,2-3,5-16H2,1H3,(H,25,26)/t17?,18-,19+/m0/s1. The molecule has 0 spiro atoms. The molecule has 1 aliphatic rings. The Balaban J connectivity index is 2.29. The first-order valence-corrected chi connectivity index (χ1v) is 10.5. The highest BCUT2D eigenvalue weighted by atomic mass is 16.4. The SMILES string of the molecule is C=CC(CCCCC)CC[C@H]1CCC[C@@H]1CCCCC(O)=C(O)C(=O)O. The molecule has 0 aliphatic heterocycles. The second-order valence-electron chi connectivity index (χ2n) is 7.87. The Bertz CT molecular complexity index is 455. The zero-order valence-electron chi connectivity index (χ0n) is 16.5. The fraction of sp³-hybridized carbons (Fsp3) is 0.773. The Kier molecular flexibility index (Phi) is 11.1. The molecule has 150 valence electrons. The van der Waals surface area contributed by atoms with Gasteiger partial charge >= 0.3 is 5.97 Å². The summed E-state index contributed by atoms with van der Waals surface area (Å²) in [4.78, 5) is 10.6. The molecule has 26 heavy (non-hydrogen) atoms. The van der Waals surface area contributed by atoms with Gasteiger partial charge in [0.25, 0.3) is 0 Å². The maximum atomic E-state index is 10.6. The molecule has 0 amide bonds. The number of aliphatic hydroxyl groups is 2. The van der Waals surface area contributed by atoms with Crippen molar-refractivity contribution in [3.63, 3.8) is 0 Å². The van der Waals surface area contributed by atoms with Crippen LogP contribution in [-0.2, 0) is 4.79 Å². The van der Waals surface area contributed by atoms with E-state index in [-0.39, 0.29) is 6.42 Å². The van der Waals surface area contributed by atoms with Crippen LogP contribution in [0.3, 0.4) is 0 Å². The first-order chi connectivity index (χ1) is 12.5. The molecule has 0 aromatic rings. The topological polar surface area (TPSA) is 77.8 Å². The summed E-state index contributed by atoms with van der Waals surface area (Å²) in [5, 5.41) is 27.4. The van der Waals surface area contributed by atoms with Crippen molar-refractivity contribution >= 4 is 5.97 Å². The van der Waals surface area contributed by atoms with Crippen molar-refractivity contribution in [2.75, 3.05) is 0 Å². The number of allylic oxidation sites excluding steroid dienone is 2. The summed E-state index contributed by atoms with van der Waals surface area (Å²) >= 11 is 0. The highest BCUT2D eigenvalue weighted by Gasteiger charge is 2.27. The van der Waals surface area contributed by atoms with E-state index in [1.165, 1.54) is 57.8 Å². The van der Waals surface area contributed by atoms with Crippen molar-refractivity contribution in [3.05, 3.63) is 24.2 Å². The Morgan fingerprint density at radius 2 is 1.73 bits per heavy atom. The Hall–Kier alpha value is -1.45. The maximum Gasteiger partial charge on any atom is 0.374 e. The smallest absolute Gasteiger partial charge is 0.374 e. The molecule has 0 heterocycles.